The highest BCUT2D eigenvalue weighted by Gasteiger charge is 2.16. The molecule has 0 spiro atoms. The van der Waals surface area contributed by atoms with Crippen LogP contribution in [-0.2, 0) is 0 Å². The van der Waals surface area contributed by atoms with Gasteiger partial charge in [0, 0.05) is 0 Å². The third kappa shape index (κ3) is 4.59. The SMILES string of the molecule is CCOc1cc(C(O)CC)cc(Cl)c1OCC(C)C. The van der Waals surface area contributed by atoms with E-state index in [2.05, 4.69) is 13.8 Å². The zero-order chi connectivity index (χ0) is 14.4. The Kier molecular flexibility index (Phi) is 6.46. The quantitative estimate of drug-likeness (QED) is 0.816. The molecule has 0 aliphatic carbocycles. The Morgan fingerprint density at radius 2 is 1.89 bits per heavy atom. The number of hydrogen-bond donors (Lipinski definition) is 1. The van der Waals surface area contributed by atoms with Gasteiger partial charge in [0.05, 0.1) is 24.3 Å². The molecule has 1 aromatic carbocycles. The number of rotatable bonds is 7. The first-order valence-corrected chi connectivity index (χ1v) is 7.14. The molecular formula is C15H23ClO3. The normalized spacial score (nSPS) is 12.6. The molecule has 1 rings (SSSR count). The molecule has 0 saturated heterocycles. The molecule has 0 amide bonds. The number of aliphatic hydroxyl groups is 1. The molecule has 0 fully saturated rings. The van der Waals surface area contributed by atoms with Crippen LogP contribution >= 0.6 is 11.6 Å². The second-order valence-corrected chi connectivity index (χ2v) is 5.30. The Morgan fingerprint density at radius 3 is 2.42 bits per heavy atom. The monoisotopic (exact) mass is 286 g/mol. The Balaban J connectivity index is 3.07. The van der Waals surface area contributed by atoms with Gasteiger partial charge in [-0.3, -0.25) is 0 Å². The van der Waals surface area contributed by atoms with Gasteiger partial charge < -0.3 is 14.6 Å². The van der Waals surface area contributed by atoms with Gasteiger partial charge in [-0.15, -0.1) is 0 Å². The van der Waals surface area contributed by atoms with E-state index in [0.29, 0.717) is 42.1 Å². The molecular weight excluding hydrogens is 264 g/mol. The van der Waals surface area contributed by atoms with E-state index in [9.17, 15) is 5.11 Å². The number of benzene rings is 1. The third-order valence-corrected chi connectivity index (χ3v) is 2.94. The minimum atomic E-state index is -0.532. The molecule has 0 aliphatic rings. The number of hydrogen-bond acceptors (Lipinski definition) is 3. The van der Waals surface area contributed by atoms with Crippen LogP contribution in [-0.4, -0.2) is 18.3 Å². The van der Waals surface area contributed by atoms with Crippen molar-refractivity contribution in [2.45, 2.75) is 40.2 Å². The highest BCUT2D eigenvalue weighted by molar-refractivity contribution is 6.32. The summed E-state index contributed by atoms with van der Waals surface area (Å²) in [7, 11) is 0. The fourth-order valence-electron chi connectivity index (χ4n) is 1.67. The molecule has 0 saturated carbocycles. The zero-order valence-electron chi connectivity index (χ0n) is 12.1. The van der Waals surface area contributed by atoms with Crippen LogP contribution in [0.4, 0.5) is 0 Å². The minimum absolute atomic E-state index is 0.409. The smallest absolute Gasteiger partial charge is 0.179 e. The van der Waals surface area contributed by atoms with Gasteiger partial charge >= 0.3 is 0 Å². The molecule has 4 heteroatoms. The molecule has 108 valence electrons. The van der Waals surface area contributed by atoms with Crippen molar-refractivity contribution in [3.8, 4) is 11.5 Å². The summed E-state index contributed by atoms with van der Waals surface area (Å²) in [6, 6.07) is 3.55. The first kappa shape index (κ1) is 16.1. The highest BCUT2D eigenvalue weighted by atomic mass is 35.5. The van der Waals surface area contributed by atoms with Gasteiger partial charge in [-0.1, -0.05) is 32.4 Å². The van der Waals surface area contributed by atoms with Crippen molar-refractivity contribution in [1.82, 2.24) is 0 Å². The predicted octanol–water partition coefficient (Wildman–Crippen LogP) is 4.22. The molecule has 0 aliphatic heterocycles. The maximum absolute atomic E-state index is 9.90. The van der Waals surface area contributed by atoms with E-state index >= 15 is 0 Å². The van der Waals surface area contributed by atoms with Gasteiger partial charge in [0.25, 0.3) is 0 Å². The molecule has 1 aromatic rings. The Morgan fingerprint density at radius 1 is 1.21 bits per heavy atom. The third-order valence-electron chi connectivity index (χ3n) is 2.66. The van der Waals surface area contributed by atoms with Crippen LogP contribution in [0.15, 0.2) is 12.1 Å². The topological polar surface area (TPSA) is 38.7 Å². The van der Waals surface area contributed by atoms with Crippen LogP contribution in [0.25, 0.3) is 0 Å². The summed E-state index contributed by atoms with van der Waals surface area (Å²) < 4.78 is 11.3. The summed E-state index contributed by atoms with van der Waals surface area (Å²) >= 11 is 6.24. The van der Waals surface area contributed by atoms with E-state index in [1.807, 2.05) is 13.8 Å². The molecule has 0 aromatic heterocycles. The summed E-state index contributed by atoms with van der Waals surface area (Å²) in [6.07, 6.45) is 0.101. The maximum atomic E-state index is 9.90. The molecule has 19 heavy (non-hydrogen) atoms. The van der Waals surface area contributed by atoms with Crippen LogP contribution in [0, 0.1) is 5.92 Å². The predicted molar refractivity (Wildman–Crippen MR) is 78.2 cm³/mol. The van der Waals surface area contributed by atoms with Crippen molar-refractivity contribution >= 4 is 11.6 Å². The average molecular weight is 287 g/mol. The summed E-state index contributed by atoms with van der Waals surface area (Å²) in [5.41, 5.74) is 0.757. The van der Waals surface area contributed by atoms with Crippen LogP contribution in [0.1, 0.15) is 45.8 Å². The Hall–Kier alpha value is -0.930. The lowest BCUT2D eigenvalue weighted by Gasteiger charge is -2.17. The summed E-state index contributed by atoms with van der Waals surface area (Å²) in [5.74, 6) is 1.56. The first-order chi connectivity index (χ1) is 8.99. The highest BCUT2D eigenvalue weighted by Crippen LogP contribution is 2.38. The van der Waals surface area contributed by atoms with E-state index in [4.69, 9.17) is 21.1 Å². The van der Waals surface area contributed by atoms with Gasteiger partial charge in [0.15, 0.2) is 11.5 Å². The standard InChI is InChI=1S/C15H23ClO3/c1-5-13(17)11-7-12(16)15(19-9-10(3)4)14(8-11)18-6-2/h7-8,10,13,17H,5-6,9H2,1-4H3. The van der Waals surface area contributed by atoms with Crippen molar-refractivity contribution in [3.05, 3.63) is 22.7 Å². The lowest BCUT2D eigenvalue weighted by molar-refractivity contribution is 0.172. The molecule has 0 bridgehead atoms. The molecule has 1 unspecified atom stereocenters. The van der Waals surface area contributed by atoms with Crippen molar-refractivity contribution in [3.63, 3.8) is 0 Å². The van der Waals surface area contributed by atoms with Crippen LogP contribution in [0.5, 0.6) is 11.5 Å². The van der Waals surface area contributed by atoms with Crippen LogP contribution < -0.4 is 9.47 Å². The fraction of sp³-hybridized carbons (Fsp3) is 0.600. The molecule has 1 N–H and O–H groups in total. The Bertz CT molecular complexity index is 405. The number of halogens is 1. The van der Waals surface area contributed by atoms with E-state index in [1.54, 1.807) is 12.1 Å². The van der Waals surface area contributed by atoms with E-state index in [1.165, 1.54) is 0 Å². The molecule has 0 heterocycles. The second kappa shape index (κ2) is 7.61. The van der Waals surface area contributed by atoms with Gasteiger partial charge in [-0.2, -0.15) is 0 Å². The largest absolute Gasteiger partial charge is 0.490 e. The summed E-state index contributed by atoms with van der Waals surface area (Å²) in [4.78, 5) is 0. The van der Waals surface area contributed by atoms with Gasteiger partial charge in [0.2, 0.25) is 0 Å². The van der Waals surface area contributed by atoms with E-state index in [0.717, 1.165) is 5.56 Å². The van der Waals surface area contributed by atoms with Crippen molar-refractivity contribution in [2.75, 3.05) is 13.2 Å². The Labute approximate surface area is 120 Å². The average Bonchev–Trinajstić information content (AvgIpc) is 2.36. The van der Waals surface area contributed by atoms with Crippen LogP contribution in [0.3, 0.4) is 0 Å². The maximum Gasteiger partial charge on any atom is 0.179 e. The fourth-order valence-corrected chi connectivity index (χ4v) is 1.94. The van der Waals surface area contributed by atoms with Gasteiger partial charge in [0.1, 0.15) is 0 Å². The van der Waals surface area contributed by atoms with Gasteiger partial charge in [-0.25, -0.2) is 0 Å². The zero-order valence-corrected chi connectivity index (χ0v) is 12.8. The minimum Gasteiger partial charge on any atom is -0.490 e. The van der Waals surface area contributed by atoms with Crippen molar-refractivity contribution in [2.24, 2.45) is 5.92 Å². The van der Waals surface area contributed by atoms with E-state index < -0.39 is 6.10 Å². The molecule has 0 radical (unpaired) electrons. The summed E-state index contributed by atoms with van der Waals surface area (Å²) in [6.45, 7) is 9.08. The molecule has 3 nitrogen and oxygen atoms in total. The second-order valence-electron chi connectivity index (χ2n) is 4.89. The van der Waals surface area contributed by atoms with Crippen LogP contribution in [0.2, 0.25) is 5.02 Å². The summed E-state index contributed by atoms with van der Waals surface area (Å²) in [5, 5.41) is 10.4. The molecule has 1 atom stereocenters. The lowest BCUT2D eigenvalue weighted by atomic mass is 10.1. The lowest BCUT2D eigenvalue weighted by Crippen LogP contribution is -2.07. The van der Waals surface area contributed by atoms with Gasteiger partial charge in [-0.05, 0) is 37.0 Å². The van der Waals surface area contributed by atoms with E-state index in [-0.39, 0.29) is 0 Å². The number of aliphatic hydroxyl groups excluding tert-OH is 1. The van der Waals surface area contributed by atoms with Crippen molar-refractivity contribution < 1.29 is 14.6 Å². The first-order valence-electron chi connectivity index (χ1n) is 6.76. The van der Waals surface area contributed by atoms with Crippen molar-refractivity contribution in [1.29, 1.82) is 0 Å². The number of ether oxygens (including phenoxy) is 2.